The molecular formula is C29H34F3N3O2. The predicted molar refractivity (Wildman–Crippen MR) is 138 cm³/mol. The second kappa shape index (κ2) is 10.7. The Kier molecular flexibility index (Phi) is 7.78. The van der Waals surface area contributed by atoms with Crippen molar-refractivity contribution in [2.75, 3.05) is 13.7 Å². The predicted octanol–water partition coefficient (Wildman–Crippen LogP) is 6.28. The van der Waals surface area contributed by atoms with Crippen molar-refractivity contribution in [3.63, 3.8) is 0 Å². The molecule has 1 aliphatic heterocycles. The standard InChI is InChI=1S/C29H34F3N3O2/c1-6-34-16-22(15-33-34)20-8-9-23-21(14-20)11-18(2)35(17-29(3,4)32)28(23)27-24(30)12-19(13-25(27)31)7-10-26(36)37-5/h7-10,12-13,15-16,18,21,28H,6,11,14,17H2,1-5H3/b10-7+. The van der Waals surface area contributed by atoms with E-state index in [1.54, 1.807) is 0 Å². The first-order chi connectivity index (χ1) is 17.5. The number of carbonyl (C=O) groups is 1. The Balaban J connectivity index is 1.79. The van der Waals surface area contributed by atoms with Crippen molar-refractivity contribution in [3.05, 3.63) is 76.7 Å². The van der Waals surface area contributed by atoms with Crippen molar-refractivity contribution in [3.8, 4) is 0 Å². The molecule has 37 heavy (non-hydrogen) atoms. The van der Waals surface area contributed by atoms with Gasteiger partial charge in [-0.15, -0.1) is 0 Å². The molecule has 8 heteroatoms. The van der Waals surface area contributed by atoms with Crippen LogP contribution in [0.25, 0.3) is 11.6 Å². The minimum atomic E-state index is -1.56. The van der Waals surface area contributed by atoms with Crippen LogP contribution in [0, 0.1) is 17.6 Å². The average molecular weight is 514 g/mol. The first-order valence-corrected chi connectivity index (χ1v) is 12.6. The van der Waals surface area contributed by atoms with Crippen LogP contribution < -0.4 is 0 Å². The van der Waals surface area contributed by atoms with E-state index in [0.29, 0.717) is 0 Å². The summed E-state index contributed by atoms with van der Waals surface area (Å²) in [7, 11) is 1.23. The summed E-state index contributed by atoms with van der Waals surface area (Å²) in [5.41, 5.74) is 1.59. The van der Waals surface area contributed by atoms with Crippen molar-refractivity contribution >= 4 is 17.6 Å². The summed E-state index contributed by atoms with van der Waals surface area (Å²) in [4.78, 5) is 13.3. The zero-order valence-electron chi connectivity index (χ0n) is 22.0. The Bertz CT molecular complexity index is 1230. The molecule has 2 heterocycles. The largest absolute Gasteiger partial charge is 0.466 e. The Morgan fingerprint density at radius 3 is 2.54 bits per heavy atom. The summed E-state index contributed by atoms with van der Waals surface area (Å²) < 4.78 is 52.6. The number of hydrogen-bond donors (Lipinski definition) is 0. The minimum Gasteiger partial charge on any atom is -0.466 e. The Labute approximate surface area is 216 Å². The summed E-state index contributed by atoms with van der Waals surface area (Å²) >= 11 is 0. The highest BCUT2D eigenvalue weighted by atomic mass is 19.1. The van der Waals surface area contributed by atoms with Crippen LogP contribution in [0.3, 0.4) is 0 Å². The number of piperidine rings is 1. The summed E-state index contributed by atoms with van der Waals surface area (Å²) in [5.74, 6) is -2.03. The third kappa shape index (κ3) is 5.90. The normalized spacial score (nSPS) is 22.5. The first-order valence-electron chi connectivity index (χ1n) is 12.6. The lowest BCUT2D eigenvalue weighted by atomic mass is 9.72. The van der Waals surface area contributed by atoms with E-state index in [1.165, 1.54) is 39.2 Å². The number of ether oxygens (including phenoxy) is 1. The highest BCUT2D eigenvalue weighted by molar-refractivity contribution is 5.86. The third-order valence-corrected chi connectivity index (χ3v) is 7.13. The van der Waals surface area contributed by atoms with E-state index in [2.05, 4.69) is 9.84 Å². The van der Waals surface area contributed by atoms with Crippen LogP contribution in [0.2, 0.25) is 0 Å². The van der Waals surface area contributed by atoms with Crippen LogP contribution in [0.4, 0.5) is 13.2 Å². The molecule has 0 saturated carbocycles. The van der Waals surface area contributed by atoms with Gasteiger partial charge in [0.05, 0.1) is 19.3 Å². The monoisotopic (exact) mass is 513 g/mol. The second-order valence-electron chi connectivity index (χ2n) is 10.5. The molecule has 5 nitrogen and oxygen atoms in total. The Morgan fingerprint density at radius 1 is 1.24 bits per heavy atom. The Morgan fingerprint density at radius 2 is 1.95 bits per heavy atom. The summed E-state index contributed by atoms with van der Waals surface area (Å²) in [6, 6.07) is 1.56. The Hall–Kier alpha value is -3.13. The van der Waals surface area contributed by atoms with Crippen LogP contribution in [-0.2, 0) is 16.1 Å². The molecule has 1 fully saturated rings. The number of aromatic nitrogens is 2. The van der Waals surface area contributed by atoms with E-state index in [9.17, 15) is 9.18 Å². The van der Waals surface area contributed by atoms with Crippen LogP contribution >= 0.6 is 0 Å². The van der Waals surface area contributed by atoms with Crippen molar-refractivity contribution in [1.29, 1.82) is 0 Å². The number of halogens is 3. The third-order valence-electron chi connectivity index (χ3n) is 7.13. The van der Waals surface area contributed by atoms with E-state index in [4.69, 9.17) is 0 Å². The zero-order valence-corrected chi connectivity index (χ0v) is 22.0. The zero-order chi connectivity index (χ0) is 26.9. The lowest BCUT2D eigenvalue weighted by molar-refractivity contribution is -0.134. The topological polar surface area (TPSA) is 47.4 Å². The number of aryl methyl sites for hydroxylation is 1. The number of carbonyl (C=O) groups excluding carboxylic acids is 1. The van der Waals surface area contributed by atoms with Gasteiger partial charge in [-0.25, -0.2) is 18.0 Å². The summed E-state index contributed by atoms with van der Waals surface area (Å²) in [5, 5.41) is 4.38. The molecular weight excluding hydrogens is 479 g/mol. The highest BCUT2D eigenvalue weighted by Crippen LogP contribution is 2.49. The lowest BCUT2D eigenvalue weighted by Gasteiger charge is -2.48. The number of rotatable bonds is 7. The number of fused-ring (bicyclic) bond motifs is 1. The van der Waals surface area contributed by atoms with Gasteiger partial charge in [-0.2, -0.15) is 5.10 Å². The molecule has 1 aromatic carbocycles. The number of likely N-dealkylation sites (tertiary alicyclic amines) is 1. The van der Waals surface area contributed by atoms with Gasteiger partial charge in [0.25, 0.3) is 0 Å². The SMILES string of the molecule is CCn1cc(C2=CC=C3C(C2)CC(C)N(CC(C)(C)F)C3c2c(F)cc(/C=C/C(=O)OC)cc2F)cn1. The van der Waals surface area contributed by atoms with Gasteiger partial charge in [0.15, 0.2) is 0 Å². The fourth-order valence-corrected chi connectivity index (χ4v) is 5.44. The molecule has 0 N–H and O–H groups in total. The lowest BCUT2D eigenvalue weighted by Crippen LogP contribution is -2.49. The van der Waals surface area contributed by atoms with E-state index < -0.39 is 29.3 Å². The first kappa shape index (κ1) is 26.9. The maximum absolute atomic E-state index is 15.6. The van der Waals surface area contributed by atoms with Gasteiger partial charge >= 0.3 is 5.97 Å². The van der Waals surface area contributed by atoms with Crippen molar-refractivity contribution in [2.24, 2.45) is 5.92 Å². The second-order valence-corrected chi connectivity index (χ2v) is 10.5. The molecule has 1 aromatic heterocycles. The molecule has 0 radical (unpaired) electrons. The van der Waals surface area contributed by atoms with Crippen molar-refractivity contribution < 1.29 is 22.7 Å². The van der Waals surface area contributed by atoms with Crippen LogP contribution in [0.1, 0.15) is 63.3 Å². The van der Waals surface area contributed by atoms with Gasteiger partial charge in [0.1, 0.15) is 17.3 Å². The van der Waals surface area contributed by atoms with Gasteiger partial charge in [0, 0.05) is 42.5 Å². The molecule has 0 bridgehead atoms. The number of esters is 1. The van der Waals surface area contributed by atoms with Crippen molar-refractivity contribution in [2.45, 2.75) is 64.8 Å². The number of benzene rings is 1. The highest BCUT2D eigenvalue weighted by Gasteiger charge is 2.43. The van der Waals surface area contributed by atoms with Gasteiger partial charge < -0.3 is 4.74 Å². The van der Waals surface area contributed by atoms with E-state index in [-0.39, 0.29) is 29.6 Å². The molecule has 1 aliphatic carbocycles. The van der Waals surface area contributed by atoms with E-state index in [0.717, 1.165) is 42.2 Å². The molecule has 2 aliphatic rings. The molecule has 198 valence electrons. The van der Waals surface area contributed by atoms with E-state index in [1.807, 2.05) is 48.0 Å². The molecule has 0 spiro atoms. The molecule has 0 amide bonds. The van der Waals surface area contributed by atoms with Crippen molar-refractivity contribution in [1.82, 2.24) is 14.7 Å². The van der Waals surface area contributed by atoms with E-state index >= 15 is 8.78 Å². The minimum absolute atomic E-state index is 0.0333. The molecule has 2 aromatic rings. The van der Waals surface area contributed by atoms with Gasteiger partial charge in [0.2, 0.25) is 0 Å². The van der Waals surface area contributed by atoms with Gasteiger partial charge in [-0.3, -0.25) is 9.58 Å². The average Bonchev–Trinajstić information content (AvgIpc) is 3.32. The number of allylic oxidation sites excluding steroid dienone is 3. The smallest absolute Gasteiger partial charge is 0.330 e. The number of alkyl halides is 1. The molecule has 4 rings (SSSR count). The molecule has 1 saturated heterocycles. The summed E-state index contributed by atoms with van der Waals surface area (Å²) in [6.45, 7) is 7.79. The van der Waals surface area contributed by atoms with Crippen LogP contribution in [0.5, 0.6) is 0 Å². The number of nitrogens with zero attached hydrogens (tertiary/aromatic N) is 3. The van der Waals surface area contributed by atoms with Gasteiger partial charge in [-0.1, -0.05) is 12.2 Å². The summed E-state index contributed by atoms with van der Waals surface area (Å²) in [6.07, 6.45) is 11.7. The quantitative estimate of drug-likeness (QED) is 0.323. The molecule has 3 unspecified atom stereocenters. The van der Waals surface area contributed by atoms with Crippen LogP contribution in [-0.4, -0.2) is 46.0 Å². The fraction of sp³-hybridized carbons (Fsp3) is 0.448. The number of hydrogen-bond acceptors (Lipinski definition) is 4. The van der Waals surface area contributed by atoms with Gasteiger partial charge in [-0.05, 0) is 81.4 Å². The maximum atomic E-state index is 15.6. The van der Waals surface area contributed by atoms with Crippen LogP contribution in [0.15, 0.2) is 48.3 Å². The fourth-order valence-electron chi connectivity index (χ4n) is 5.44. The maximum Gasteiger partial charge on any atom is 0.330 e. The number of methoxy groups -OCH3 is 1. The molecule has 3 atom stereocenters.